The van der Waals surface area contributed by atoms with Gasteiger partial charge >= 0.3 is 0 Å². The molecule has 0 bridgehead atoms. The minimum Gasteiger partial charge on any atom is -0.351 e. The van der Waals surface area contributed by atoms with Crippen molar-refractivity contribution in [1.29, 1.82) is 0 Å². The number of nitrogens with one attached hydrogen (secondary N) is 1. The lowest BCUT2D eigenvalue weighted by atomic mass is 10.1. The zero-order chi connectivity index (χ0) is 18.1. The number of hydrogen-bond acceptors (Lipinski definition) is 3. The zero-order valence-corrected chi connectivity index (χ0v) is 15.6. The molecule has 0 fully saturated rings. The lowest BCUT2D eigenvalue weighted by Crippen LogP contribution is -2.24. The number of carbonyl (C=O) groups is 1. The van der Waals surface area contributed by atoms with Crippen LogP contribution in [0.15, 0.2) is 53.4 Å². The fourth-order valence-corrected chi connectivity index (χ4v) is 3.19. The first-order valence-electron chi connectivity index (χ1n) is 8.56. The molecule has 0 atom stereocenters. The number of thioether (sulfide) groups is 1. The fourth-order valence-electron chi connectivity index (χ4n) is 2.42. The van der Waals surface area contributed by atoms with Gasteiger partial charge in [0.15, 0.2) is 0 Å². The molecule has 3 nitrogen and oxygen atoms in total. The van der Waals surface area contributed by atoms with Gasteiger partial charge in [0, 0.05) is 18.0 Å². The molecule has 0 unspecified atom stereocenters. The van der Waals surface area contributed by atoms with Gasteiger partial charge in [0.2, 0.25) is 5.91 Å². The van der Waals surface area contributed by atoms with Crippen LogP contribution in [-0.2, 0) is 17.9 Å². The first-order valence-corrected chi connectivity index (χ1v) is 9.55. The van der Waals surface area contributed by atoms with Gasteiger partial charge in [0.1, 0.15) is 5.82 Å². The average molecular weight is 360 g/mol. The summed E-state index contributed by atoms with van der Waals surface area (Å²) >= 11 is 1.21. The Morgan fingerprint density at radius 3 is 2.32 bits per heavy atom. The molecule has 2 aromatic carbocycles. The van der Waals surface area contributed by atoms with E-state index in [4.69, 9.17) is 0 Å². The van der Waals surface area contributed by atoms with E-state index in [1.807, 2.05) is 12.1 Å². The molecular weight excluding hydrogens is 335 g/mol. The third-order valence-electron chi connectivity index (χ3n) is 4.01. The van der Waals surface area contributed by atoms with E-state index in [0.29, 0.717) is 11.4 Å². The van der Waals surface area contributed by atoms with Crippen molar-refractivity contribution in [2.45, 2.75) is 31.8 Å². The molecule has 0 spiro atoms. The molecule has 0 aliphatic heterocycles. The summed E-state index contributed by atoms with van der Waals surface area (Å²) < 4.78 is 13.5. The summed E-state index contributed by atoms with van der Waals surface area (Å²) in [4.78, 5) is 14.8. The lowest BCUT2D eigenvalue weighted by molar-refractivity contribution is -0.118. The molecule has 0 radical (unpaired) electrons. The molecule has 0 aliphatic rings. The summed E-state index contributed by atoms with van der Waals surface area (Å²) in [6, 6.07) is 14.8. The number of benzene rings is 2. The summed E-state index contributed by atoms with van der Waals surface area (Å²) in [6.07, 6.45) is 0. The van der Waals surface area contributed by atoms with Gasteiger partial charge in [-0.25, -0.2) is 4.39 Å². The molecule has 0 saturated heterocycles. The van der Waals surface area contributed by atoms with Crippen LogP contribution in [0.1, 0.15) is 25.0 Å². The number of hydrogen-bond donors (Lipinski definition) is 1. The Morgan fingerprint density at radius 2 is 1.68 bits per heavy atom. The highest BCUT2D eigenvalue weighted by Gasteiger charge is 2.06. The van der Waals surface area contributed by atoms with E-state index in [0.717, 1.165) is 25.2 Å². The van der Waals surface area contributed by atoms with Gasteiger partial charge in [0.05, 0.1) is 5.75 Å². The molecule has 2 aromatic rings. The predicted molar refractivity (Wildman–Crippen MR) is 102 cm³/mol. The Balaban J connectivity index is 1.77. The smallest absolute Gasteiger partial charge is 0.230 e. The normalized spacial score (nSPS) is 10.9. The Bertz CT molecular complexity index is 672. The fraction of sp³-hybridized carbons (Fsp3) is 0.350. The van der Waals surface area contributed by atoms with E-state index in [1.54, 1.807) is 18.2 Å². The molecule has 2 rings (SSSR count). The van der Waals surface area contributed by atoms with Crippen molar-refractivity contribution in [2.75, 3.05) is 18.8 Å². The van der Waals surface area contributed by atoms with Crippen molar-refractivity contribution in [3.63, 3.8) is 0 Å². The highest BCUT2D eigenvalue weighted by atomic mass is 32.2. The second kappa shape index (κ2) is 10.2. The minimum atomic E-state index is -0.288. The van der Waals surface area contributed by atoms with Crippen LogP contribution in [0.2, 0.25) is 0 Å². The van der Waals surface area contributed by atoms with Crippen molar-refractivity contribution in [3.8, 4) is 0 Å². The molecule has 25 heavy (non-hydrogen) atoms. The summed E-state index contributed by atoms with van der Waals surface area (Å²) in [6.45, 7) is 7.82. The van der Waals surface area contributed by atoms with E-state index in [2.05, 4.69) is 36.2 Å². The van der Waals surface area contributed by atoms with Crippen LogP contribution in [0, 0.1) is 5.82 Å². The molecule has 1 amide bonds. The van der Waals surface area contributed by atoms with Gasteiger partial charge in [0.25, 0.3) is 0 Å². The molecule has 0 aromatic heterocycles. The maximum absolute atomic E-state index is 13.5. The van der Waals surface area contributed by atoms with Crippen LogP contribution in [0.25, 0.3) is 0 Å². The number of carbonyl (C=O) groups excluding carboxylic acids is 1. The maximum Gasteiger partial charge on any atom is 0.230 e. The van der Waals surface area contributed by atoms with Crippen molar-refractivity contribution in [3.05, 3.63) is 65.5 Å². The van der Waals surface area contributed by atoms with Gasteiger partial charge in [-0.2, -0.15) is 0 Å². The number of rotatable bonds is 9. The molecular formula is C20H25FN2OS. The van der Waals surface area contributed by atoms with Crippen LogP contribution >= 0.6 is 11.8 Å². The second-order valence-electron chi connectivity index (χ2n) is 5.77. The monoisotopic (exact) mass is 360 g/mol. The molecule has 0 aliphatic carbocycles. The van der Waals surface area contributed by atoms with Crippen LogP contribution in [0.3, 0.4) is 0 Å². The predicted octanol–water partition coefficient (Wildman–Crippen LogP) is 4.08. The highest BCUT2D eigenvalue weighted by Crippen LogP contribution is 2.20. The SMILES string of the molecule is CCN(CC)Cc1ccc(CNC(=O)CSc2ccccc2F)cc1. The maximum atomic E-state index is 13.5. The van der Waals surface area contributed by atoms with Gasteiger partial charge in [-0.15, -0.1) is 11.8 Å². The Kier molecular flexibility index (Phi) is 7.95. The van der Waals surface area contributed by atoms with Gasteiger partial charge < -0.3 is 5.32 Å². The van der Waals surface area contributed by atoms with E-state index in [-0.39, 0.29) is 17.5 Å². The second-order valence-corrected chi connectivity index (χ2v) is 6.79. The van der Waals surface area contributed by atoms with Crippen molar-refractivity contribution in [1.82, 2.24) is 10.2 Å². The minimum absolute atomic E-state index is 0.0968. The Labute approximate surface area is 153 Å². The van der Waals surface area contributed by atoms with Crippen molar-refractivity contribution < 1.29 is 9.18 Å². The Hall–Kier alpha value is -1.85. The zero-order valence-electron chi connectivity index (χ0n) is 14.8. The molecule has 5 heteroatoms. The van der Waals surface area contributed by atoms with Crippen molar-refractivity contribution in [2.24, 2.45) is 0 Å². The lowest BCUT2D eigenvalue weighted by Gasteiger charge is -2.18. The topological polar surface area (TPSA) is 32.3 Å². The van der Waals surface area contributed by atoms with E-state index < -0.39 is 0 Å². The number of amides is 1. The largest absolute Gasteiger partial charge is 0.351 e. The van der Waals surface area contributed by atoms with Gasteiger partial charge in [-0.1, -0.05) is 50.2 Å². The first-order chi connectivity index (χ1) is 12.1. The number of halogens is 1. The summed E-state index contributed by atoms with van der Waals surface area (Å²) in [5.41, 5.74) is 2.33. The van der Waals surface area contributed by atoms with Crippen LogP contribution in [-0.4, -0.2) is 29.6 Å². The Morgan fingerprint density at radius 1 is 1.04 bits per heavy atom. The number of nitrogens with zero attached hydrogens (tertiary/aromatic N) is 1. The van der Waals surface area contributed by atoms with E-state index >= 15 is 0 Å². The van der Waals surface area contributed by atoms with E-state index in [9.17, 15) is 9.18 Å². The standard InChI is InChI=1S/C20H25FN2OS/c1-3-23(4-2)14-17-11-9-16(10-12-17)13-22-20(24)15-25-19-8-6-5-7-18(19)21/h5-12H,3-4,13-15H2,1-2H3,(H,22,24). The van der Waals surface area contributed by atoms with Gasteiger partial charge in [-0.3, -0.25) is 9.69 Å². The van der Waals surface area contributed by atoms with Crippen LogP contribution < -0.4 is 5.32 Å². The molecule has 0 saturated carbocycles. The summed E-state index contributed by atoms with van der Waals surface area (Å²) in [5.74, 6) is -0.175. The van der Waals surface area contributed by atoms with Crippen LogP contribution in [0.4, 0.5) is 4.39 Å². The third kappa shape index (κ3) is 6.52. The molecule has 1 N–H and O–H groups in total. The highest BCUT2D eigenvalue weighted by molar-refractivity contribution is 8.00. The summed E-state index contributed by atoms with van der Waals surface area (Å²) in [5, 5.41) is 2.88. The van der Waals surface area contributed by atoms with Crippen molar-refractivity contribution >= 4 is 17.7 Å². The van der Waals surface area contributed by atoms with Crippen LogP contribution in [0.5, 0.6) is 0 Å². The molecule has 134 valence electrons. The van der Waals surface area contributed by atoms with E-state index in [1.165, 1.54) is 23.4 Å². The van der Waals surface area contributed by atoms with Gasteiger partial charge in [-0.05, 0) is 36.3 Å². The summed E-state index contributed by atoms with van der Waals surface area (Å²) in [7, 11) is 0. The third-order valence-corrected chi connectivity index (χ3v) is 5.06. The first kappa shape index (κ1) is 19.5. The average Bonchev–Trinajstić information content (AvgIpc) is 2.64. The quantitative estimate of drug-likeness (QED) is 0.684. The molecule has 0 heterocycles.